The maximum absolute atomic E-state index is 13.1. The lowest BCUT2D eigenvalue weighted by Crippen LogP contribution is -2.52. The predicted octanol–water partition coefficient (Wildman–Crippen LogP) is 4.41. The highest BCUT2D eigenvalue weighted by atomic mass is 127. The second kappa shape index (κ2) is 8.86. The number of aromatic nitrogens is 2. The summed E-state index contributed by atoms with van der Waals surface area (Å²) in [6, 6.07) is 16.7. The Morgan fingerprint density at radius 1 is 1.27 bits per heavy atom. The van der Waals surface area contributed by atoms with Crippen molar-refractivity contribution in [1.29, 1.82) is 0 Å². The minimum absolute atomic E-state index is 0.153. The SMILES string of the molecule is CCC(I)C1c2[nH]ncc2N=C(c2cccc(OC)c2)N1NC(=O)c1ccccc1. The molecule has 3 aromatic rings. The standard InChI is InChI=1S/C22H22IN5O2/c1-3-17(23)20-19-18(13-24-26-19)25-21(15-10-7-11-16(12-15)30-2)28(20)27-22(29)14-8-5-4-6-9-14/h4-13,17,20H,3H2,1-2H3,(H,24,26)(H,27,29). The number of halogens is 1. The third-order valence-corrected chi connectivity index (χ3v) is 6.56. The summed E-state index contributed by atoms with van der Waals surface area (Å²) in [4.78, 5) is 17.9. The van der Waals surface area contributed by atoms with Crippen LogP contribution in [0, 0.1) is 0 Å². The fourth-order valence-corrected chi connectivity index (χ4v) is 4.12. The van der Waals surface area contributed by atoms with Gasteiger partial charge in [-0.2, -0.15) is 5.10 Å². The molecule has 2 aromatic carbocycles. The van der Waals surface area contributed by atoms with Crippen molar-refractivity contribution in [3.63, 3.8) is 0 Å². The monoisotopic (exact) mass is 515 g/mol. The number of nitrogens with zero attached hydrogens (tertiary/aromatic N) is 3. The van der Waals surface area contributed by atoms with Crippen LogP contribution in [0.15, 0.2) is 65.8 Å². The Labute approximate surface area is 188 Å². The molecule has 0 saturated carbocycles. The van der Waals surface area contributed by atoms with Crippen molar-refractivity contribution < 1.29 is 9.53 Å². The highest BCUT2D eigenvalue weighted by Crippen LogP contribution is 2.39. The Balaban J connectivity index is 1.81. The molecule has 0 radical (unpaired) electrons. The van der Waals surface area contributed by atoms with Gasteiger partial charge < -0.3 is 4.74 Å². The van der Waals surface area contributed by atoms with Gasteiger partial charge in [0.25, 0.3) is 5.91 Å². The van der Waals surface area contributed by atoms with Crippen molar-refractivity contribution in [2.75, 3.05) is 7.11 Å². The maximum Gasteiger partial charge on any atom is 0.269 e. The molecule has 7 nitrogen and oxygen atoms in total. The maximum atomic E-state index is 13.1. The lowest BCUT2D eigenvalue weighted by molar-refractivity contribution is 0.0827. The minimum Gasteiger partial charge on any atom is -0.497 e. The number of aromatic amines is 1. The number of amidine groups is 1. The summed E-state index contributed by atoms with van der Waals surface area (Å²) in [6.07, 6.45) is 2.63. The van der Waals surface area contributed by atoms with Gasteiger partial charge >= 0.3 is 0 Å². The summed E-state index contributed by atoms with van der Waals surface area (Å²) in [5, 5.41) is 9.14. The molecule has 0 spiro atoms. The number of methoxy groups -OCH3 is 1. The van der Waals surface area contributed by atoms with Crippen LogP contribution < -0.4 is 10.2 Å². The van der Waals surface area contributed by atoms with Crippen LogP contribution >= 0.6 is 22.6 Å². The summed E-state index contributed by atoms with van der Waals surface area (Å²) >= 11 is 2.42. The molecule has 2 unspecified atom stereocenters. The fraction of sp³-hybridized carbons (Fsp3) is 0.227. The quantitative estimate of drug-likeness (QED) is 0.377. The van der Waals surface area contributed by atoms with Gasteiger partial charge in [-0.05, 0) is 30.7 Å². The molecule has 0 bridgehead atoms. The largest absolute Gasteiger partial charge is 0.497 e. The molecule has 30 heavy (non-hydrogen) atoms. The van der Waals surface area contributed by atoms with Crippen molar-refractivity contribution in [1.82, 2.24) is 20.6 Å². The van der Waals surface area contributed by atoms with E-state index < -0.39 is 0 Å². The molecule has 1 aliphatic rings. The van der Waals surface area contributed by atoms with Crippen molar-refractivity contribution in [3.8, 4) is 5.75 Å². The number of aliphatic imine (C=N–C) groups is 1. The third kappa shape index (κ3) is 3.91. The molecular formula is C22H22IN5O2. The Kier molecular flexibility index (Phi) is 6.03. The van der Waals surface area contributed by atoms with Gasteiger partial charge in [0.05, 0.1) is 19.0 Å². The van der Waals surface area contributed by atoms with E-state index in [1.165, 1.54) is 0 Å². The first-order valence-corrected chi connectivity index (χ1v) is 10.9. The number of benzene rings is 2. The topological polar surface area (TPSA) is 82.6 Å². The van der Waals surface area contributed by atoms with Crippen molar-refractivity contribution in [3.05, 3.63) is 77.6 Å². The highest BCUT2D eigenvalue weighted by Gasteiger charge is 2.37. The van der Waals surface area contributed by atoms with Gasteiger partial charge in [0.2, 0.25) is 0 Å². The molecule has 8 heteroatoms. The molecule has 0 fully saturated rings. The van der Waals surface area contributed by atoms with Crippen molar-refractivity contribution >= 4 is 40.0 Å². The van der Waals surface area contributed by atoms with Crippen LogP contribution in [0.1, 0.15) is 41.0 Å². The number of ether oxygens (including phenoxy) is 1. The summed E-state index contributed by atoms with van der Waals surface area (Å²) in [7, 11) is 1.63. The highest BCUT2D eigenvalue weighted by molar-refractivity contribution is 14.1. The smallest absolute Gasteiger partial charge is 0.269 e. The number of alkyl halides is 1. The number of nitrogens with one attached hydrogen (secondary N) is 2. The second-order valence-corrected chi connectivity index (χ2v) is 8.48. The summed E-state index contributed by atoms with van der Waals surface area (Å²) in [6.45, 7) is 2.13. The van der Waals surface area contributed by atoms with E-state index in [0.29, 0.717) is 11.4 Å². The number of carbonyl (C=O) groups is 1. The summed E-state index contributed by atoms with van der Waals surface area (Å²) in [5.41, 5.74) is 6.18. The van der Waals surface area contributed by atoms with Crippen LogP contribution in [0.25, 0.3) is 0 Å². The van der Waals surface area contributed by atoms with Gasteiger partial charge in [-0.1, -0.05) is 59.8 Å². The van der Waals surface area contributed by atoms with E-state index in [9.17, 15) is 4.79 Å². The molecule has 2 N–H and O–H groups in total. The van der Waals surface area contributed by atoms with Gasteiger partial charge in [-0.15, -0.1) is 0 Å². The van der Waals surface area contributed by atoms with Gasteiger partial charge in [0.1, 0.15) is 17.5 Å². The molecule has 2 atom stereocenters. The Hall–Kier alpha value is -2.88. The fourth-order valence-electron chi connectivity index (χ4n) is 3.44. The van der Waals surface area contributed by atoms with Crippen LogP contribution in [-0.2, 0) is 0 Å². The number of hydrogen-bond acceptors (Lipinski definition) is 5. The molecular weight excluding hydrogens is 493 g/mol. The molecule has 0 saturated heterocycles. The number of amides is 1. The molecule has 1 aliphatic heterocycles. The van der Waals surface area contributed by atoms with Gasteiger partial charge in [0.15, 0.2) is 5.84 Å². The number of rotatable bonds is 6. The van der Waals surface area contributed by atoms with Crippen LogP contribution in [0.2, 0.25) is 0 Å². The summed E-state index contributed by atoms with van der Waals surface area (Å²) in [5.74, 6) is 1.17. The third-order valence-electron chi connectivity index (χ3n) is 4.99. The van der Waals surface area contributed by atoms with E-state index in [1.54, 1.807) is 25.4 Å². The Morgan fingerprint density at radius 2 is 2.07 bits per heavy atom. The molecule has 1 aromatic heterocycles. The summed E-state index contributed by atoms with van der Waals surface area (Å²) < 4.78 is 5.60. The van der Waals surface area contributed by atoms with E-state index in [1.807, 2.05) is 47.5 Å². The number of fused-ring (bicyclic) bond motifs is 1. The number of hydrogen-bond donors (Lipinski definition) is 2. The van der Waals surface area contributed by atoms with Gasteiger partial charge in [-0.25, -0.2) is 4.99 Å². The Bertz CT molecular complexity index is 1070. The van der Waals surface area contributed by atoms with Crippen molar-refractivity contribution in [2.24, 2.45) is 4.99 Å². The lowest BCUT2D eigenvalue weighted by atomic mass is 10.0. The first-order valence-electron chi connectivity index (χ1n) is 9.68. The lowest BCUT2D eigenvalue weighted by Gasteiger charge is -2.38. The van der Waals surface area contributed by atoms with Crippen LogP contribution in [0.5, 0.6) is 5.75 Å². The number of H-pyrrole nitrogens is 1. The zero-order chi connectivity index (χ0) is 21.1. The number of carbonyl (C=O) groups excluding carboxylic acids is 1. The van der Waals surface area contributed by atoms with Crippen LogP contribution in [0.4, 0.5) is 5.69 Å². The molecule has 0 aliphatic carbocycles. The minimum atomic E-state index is -0.195. The number of hydrazine groups is 1. The van der Waals surface area contributed by atoms with Crippen LogP contribution in [-0.4, -0.2) is 38.0 Å². The van der Waals surface area contributed by atoms with E-state index in [4.69, 9.17) is 9.73 Å². The Morgan fingerprint density at radius 3 is 2.80 bits per heavy atom. The zero-order valence-electron chi connectivity index (χ0n) is 16.7. The first kappa shape index (κ1) is 20.4. The molecule has 1 amide bonds. The zero-order valence-corrected chi connectivity index (χ0v) is 18.8. The van der Waals surface area contributed by atoms with Gasteiger partial charge in [0, 0.05) is 15.1 Å². The van der Waals surface area contributed by atoms with E-state index in [2.05, 4.69) is 45.1 Å². The van der Waals surface area contributed by atoms with E-state index in [-0.39, 0.29) is 15.9 Å². The molecule has 4 rings (SSSR count). The average molecular weight is 515 g/mol. The first-order chi connectivity index (χ1) is 14.6. The van der Waals surface area contributed by atoms with E-state index >= 15 is 0 Å². The van der Waals surface area contributed by atoms with E-state index in [0.717, 1.165) is 29.1 Å². The van der Waals surface area contributed by atoms with Crippen LogP contribution in [0.3, 0.4) is 0 Å². The average Bonchev–Trinajstić information content (AvgIpc) is 3.27. The second-order valence-electron chi connectivity index (χ2n) is 6.88. The molecule has 2 heterocycles. The van der Waals surface area contributed by atoms with Crippen molar-refractivity contribution in [2.45, 2.75) is 23.3 Å². The molecule has 154 valence electrons. The van der Waals surface area contributed by atoms with Gasteiger partial charge in [-0.3, -0.25) is 20.3 Å². The predicted molar refractivity (Wildman–Crippen MR) is 124 cm³/mol. The normalized spacial score (nSPS) is 16.4.